The van der Waals surface area contributed by atoms with Gasteiger partial charge in [-0.25, -0.2) is 0 Å². The lowest BCUT2D eigenvalue weighted by Crippen LogP contribution is -1.87. The zero-order valence-corrected chi connectivity index (χ0v) is 23.9. The van der Waals surface area contributed by atoms with Crippen molar-refractivity contribution in [1.82, 2.24) is 0 Å². The van der Waals surface area contributed by atoms with Crippen LogP contribution in [0.1, 0.15) is 0 Å². The fraction of sp³-hybridized carbons (Fsp3) is 0. The molecule has 0 spiro atoms. The molecule has 200 valence electrons. The number of fused-ring (bicyclic) bond motifs is 6. The third-order valence-electron chi connectivity index (χ3n) is 10.2. The van der Waals surface area contributed by atoms with E-state index in [4.69, 9.17) is 0 Å². The SMILES string of the molecule is c1ccc(-c2c3c4cccc5cccc(c3c(-c3ccccc3)c3c6cc7cccc8ccc9ccc(c23)c6c9c87)c54)cc1. The Hall–Kier alpha value is -5.72. The van der Waals surface area contributed by atoms with Gasteiger partial charge >= 0.3 is 0 Å². The number of hydrogen-bond acceptors (Lipinski definition) is 0. The van der Waals surface area contributed by atoms with E-state index in [9.17, 15) is 0 Å². The summed E-state index contributed by atoms with van der Waals surface area (Å²) in [5.41, 5.74) is 5.24. The molecule has 0 fully saturated rings. The quantitative estimate of drug-likeness (QED) is 0.187. The van der Waals surface area contributed by atoms with Crippen molar-refractivity contribution >= 4 is 86.2 Å². The fourth-order valence-corrected chi connectivity index (χ4v) is 8.63. The maximum atomic E-state index is 2.48. The summed E-state index contributed by atoms with van der Waals surface area (Å²) < 4.78 is 0. The molecule has 0 aromatic heterocycles. The van der Waals surface area contributed by atoms with E-state index in [1.807, 2.05) is 0 Å². The molecule has 0 amide bonds. The molecular formula is C44H24. The molecule has 0 bridgehead atoms. The van der Waals surface area contributed by atoms with E-state index in [2.05, 4.69) is 146 Å². The summed E-state index contributed by atoms with van der Waals surface area (Å²) in [4.78, 5) is 0. The van der Waals surface area contributed by atoms with Crippen LogP contribution in [0.25, 0.3) is 108 Å². The average molecular weight is 553 g/mol. The van der Waals surface area contributed by atoms with Gasteiger partial charge in [-0.2, -0.15) is 0 Å². The minimum absolute atomic E-state index is 1.27. The molecule has 0 unspecified atom stereocenters. The van der Waals surface area contributed by atoms with E-state index in [0.29, 0.717) is 0 Å². The van der Waals surface area contributed by atoms with Gasteiger partial charge in [0.05, 0.1) is 0 Å². The van der Waals surface area contributed by atoms with E-state index in [1.165, 1.54) is 108 Å². The second kappa shape index (κ2) is 8.01. The van der Waals surface area contributed by atoms with Gasteiger partial charge in [-0.05, 0) is 114 Å². The van der Waals surface area contributed by atoms with Crippen LogP contribution < -0.4 is 0 Å². The third-order valence-corrected chi connectivity index (χ3v) is 10.2. The Kier molecular flexibility index (Phi) is 4.15. The minimum Gasteiger partial charge on any atom is -0.0622 e. The first kappa shape index (κ1) is 22.8. The van der Waals surface area contributed by atoms with E-state index < -0.39 is 0 Å². The smallest absolute Gasteiger partial charge is 0.000696 e. The highest BCUT2D eigenvalue weighted by Crippen LogP contribution is 2.56. The summed E-state index contributed by atoms with van der Waals surface area (Å²) in [5.74, 6) is 0. The predicted octanol–water partition coefficient (Wildman–Crippen LogP) is 12.6. The predicted molar refractivity (Wildman–Crippen MR) is 191 cm³/mol. The van der Waals surface area contributed by atoms with Gasteiger partial charge in [0.2, 0.25) is 0 Å². The molecular weight excluding hydrogens is 528 g/mol. The maximum Gasteiger partial charge on any atom is -0.000696 e. The summed E-state index contributed by atoms with van der Waals surface area (Å²) in [6, 6.07) is 54.5. The molecule has 44 heavy (non-hydrogen) atoms. The monoisotopic (exact) mass is 552 g/mol. The maximum absolute atomic E-state index is 2.48. The number of rotatable bonds is 2. The molecule has 11 rings (SSSR count). The van der Waals surface area contributed by atoms with Crippen molar-refractivity contribution in [3.63, 3.8) is 0 Å². The van der Waals surface area contributed by atoms with Crippen LogP contribution in [0.15, 0.2) is 146 Å². The molecule has 0 aliphatic rings. The van der Waals surface area contributed by atoms with Crippen LogP contribution in [0.4, 0.5) is 0 Å². The van der Waals surface area contributed by atoms with E-state index in [1.54, 1.807) is 0 Å². The van der Waals surface area contributed by atoms with E-state index >= 15 is 0 Å². The summed E-state index contributed by atoms with van der Waals surface area (Å²) in [7, 11) is 0. The van der Waals surface area contributed by atoms with Gasteiger partial charge in [-0.15, -0.1) is 0 Å². The minimum atomic E-state index is 1.27. The molecule has 0 nitrogen and oxygen atoms in total. The molecule has 0 heterocycles. The Morgan fingerprint density at radius 1 is 0.227 bits per heavy atom. The summed E-state index contributed by atoms with van der Waals surface area (Å²) in [6.45, 7) is 0. The average Bonchev–Trinajstić information content (AvgIpc) is 3.59. The Balaban J connectivity index is 1.56. The Morgan fingerprint density at radius 3 is 1.30 bits per heavy atom. The van der Waals surface area contributed by atoms with Gasteiger partial charge in [-0.3, -0.25) is 0 Å². The lowest BCUT2D eigenvalue weighted by Gasteiger charge is -2.15. The standard InChI is InChI=1S/C44H24/c1-3-10-26(11-4-1)38-41-31-18-8-15-25-16-9-19-32(36(25)31)42(41)39(27-12-5-2-6-13-27)44-34-24-30-17-7-14-28-20-21-29-22-23-33(43(38)44)40(34)37(29)35(28)30/h1-24H. The molecule has 0 heteroatoms. The van der Waals surface area contributed by atoms with Crippen LogP contribution in [0.5, 0.6) is 0 Å². The van der Waals surface area contributed by atoms with Gasteiger partial charge < -0.3 is 0 Å². The first-order chi connectivity index (χ1) is 21.9. The van der Waals surface area contributed by atoms with Crippen LogP contribution in [0.3, 0.4) is 0 Å². The first-order valence-electron chi connectivity index (χ1n) is 15.5. The fourth-order valence-electron chi connectivity index (χ4n) is 8.63. The van der Waals surface area contributed by atoms with Crippen molar-refractivity contribution in [1.29, 1.82) is 0 Å². The Bertz CT molecular complexity index is 2890. The van der Waals surface area contributed by atoms with Crippen molar-refractivity contribution < 1.29 is 0 Å². The second-order valence-corrected chi connectivity index (χ2v) is 12.3. The van der Waals surface area contributed by atoms with Gasteiger partial charge in [0.25, 0.3) is 0 Å². The molecule has 0 aliphatic carbocycles. The topological polar surface area (TPSA) is 0 Å². The zero-order valence-electron chi connectivity index (χ0n) is 23.9. The normalized spacial score (nSPS) is 12.5. The Labute approximate surface area is 253 Å². The van der Waals surface area contributed by atoms with Crippen LogP contribution in [0, 0.1) is 0 Å². The van der Waals surface area contributed by atoms with Crippen molar-refractivity contribution in [2.24, 2.45) is 0 Å². The Morgan fingerprint density at radius 2 is 0.682 bits per heavy atom. The molecule has 0 saturated heterocycles. The van der Waals surface area contributed by atoms with Crippen LogP contribution in [-0.2, 0) is 0 Å². The van der Waals surface area contributed by atoms with Crippen molar-refractivity contribution in [2.75, 3.05) is 0 Å². The van der Waals surface area contributed by atoms with Gasteiger partial charge in [0, 0.05) is 0 Å². The molecule has 0 N–H and O–H groups in total. The van der Waals surface area contributed by atoms with E-state index in [0.717, 1.165) is 0 Å². The highest BCUT2D eigenvalue weighted by molar-refractivity contribution is 6.49. The lowest BCUT2D eigenvalue weighted by atomic mass is 9.87. The highest BCUT2D eigenvalue weighted by atomic mass is 14.3. The molecule has 11 aromatic rings. The van der Waals surface area contributed by atoms with Crippen LogP contribution in [-0.4, -0.2) is 0 Å². The number of hydrogen-bond donors (Lipinski definition) is 0. The van der Waals surface area contributed by atoms with Crippen LogP contribution >= 0.6 is 0 Å². The molecule has 11 aromatic carbocycles. The highest BCUT2D eigenvalue weighted by Gasteiger charge is 2.28. The molecule has 0 saturated carbocycles. The second-order valence-electron chi connectivity index (χ2n) is 12.3. The summed E-state index contributed by atoms with van der Waals surface area (Å²) in [5, 5.41) is 21.6. The summed E-state index contributed by atoms with van der Waals surface area (Å²) in [6.07, 6.45) is 0. The molecule has 0 radical (unpaired) electrons. The van der Waals surface area contributed by atoms with Crippen molar-refractivity contribution in [3.8, 4) is 22.3 Å². The molecule has 0 atom stereocenters. The van der Waals surface area contributed by atoms with Gasteiger partial charge in [-0.1, -0.05) is 140 Å². The van der Waals surface area contributed by atoms with Crippen molar-refractivity contribution in [2.45, 2.75) is 0 Å². The largest absolute Gasteiger partial charge is 0.0622 e. The first-order valence-corrected chi connectivity index (χ1v) is 15.5. The lowest BCUT2D eigenvalue weighted by molar-refractivity contribution is 1.68. The number of benzene rings is 9. The zero-order chi connectivity index (χ0) is 28.5. The van der Waals surface area contributed by atoms with E-state index in [-0.39, 0.29) is 0 Å². The summed E-state index contributed by atoms with van der Waals surface area (Å²) >= 11 is 0. The third kappa shape index (κ3) is 2.66. The van der Waals surface area contributed by atoms with Gasteiger partial charge in [0.15, 0.2) is 0 Å². The molecule has 0 aliphatic heterocycles. The van der Waals surface area contributed by atoms with Crippen LogP contribution in [0.2, 0.25) is 0 Å². The van der Waals surface area contributed by atoms with Crippen molar-refractivity contribution in [3.05, 3.63) is 146 Å². The van der Waals surface area contributed by atoms with Gasteiger partial charge in [0.1, 0.15) is 0 Å².